The predicted octanol–water partition coefficient (Wildman–Crippen LogP) is 0.619. The van der Waals surface area contributed by atoms with Gasteiger partial charge in [0.05, 0.1) is 0 Å². The molecule has 3 N–H and O–H groups in total. The van der Waals surface area contributed by atoms with Crippen LogP contribution in [0.3, 0.4) is 0 Å². The summed E-state index contributed by atoms with van der Waals surface area (Å²) >= 11 is 0. The standard InChI is InChI=1S/C11H18F3N3O/c1-10(15,11(12,13)14)9(18)16-7-4-5-17(6-7)8-2-3-8/h7-8H,2-6,15H2,1H3,(H,16,18). The molecule has 2 fully saturated rings. The summed E-state index contributed by atoms with van der Waals surface area (Å²) < 4.78 is 37.7. The molecular weight excluding hydrogens is 247 g/mol. The van der Waals surface area contributed by atoms with Gasteiger partial charge in [-0.25, -0.2) is 0 Å². The molecule has 0 bridgehead atoms. The highest BCUT2D eigenvalue weighted by atomic mass is 19.4. The molecule has 2 unspecified atom stereocenters. The fourth-order valence-corrected chi connectivity index (χ4v) is 2.14. The largest absolute Gasteiger partial charge is 0.415 e. The lowest BCUT2D eigenvalue weighted by atomic mass is 10.0. The summed E-state index contributed by atoms with van der Waals surface area (Å²) in [5.41, 5.74) is 2.25. The first-order valence-electron chi connectivity index (χ1n) is 6.12. The van der Waals surface area contributed by atoms with Crippen molar-refractivity contribution in [1.29, 1.82) is 0 Å². The lowest BCUT2D eigenvalue weighted by Crippen LogP contribution is -2.62. The van der Waals surface area contributed by atoms with Gasteiger partial charge in [0.25, 0.3) is 0 Å². The van der Waals surface area contributed by atoms with Crippen LogP contribution in [0.25, 0.3) is 0 Å². The Morgan fingerprint density at radius 2 is 1.94 bits per heavy atom. The Morgan fingerprint density at radius 1 is 1.33 bits per heavy atom. The molecule has 104 valence electrons. The zero-order chi connectivity index (χ0) is 13.6. The van der Waals surface area contributed by atoms with E-state index in [0.717, 1.165) is 19.4 Å². The zero-order valence-electron chi connectivity index (χ0n) is 10.3. The lowest BCUT2D eigenvalue weighted by molar-refractivity contribution is -0.187. The first-order valence-corrected chi connectivity index (χ1v) is 6.12. The number of hydrogen-bond acceptors (Lipinski definition) is 3. The van der Waals surface area contributed by atoms with E-state index < -0.39 is 17.6 Å². The van der Waals surface area contributed by atoms with Gasteiger partial charge in [-0.15, -0.1) is 0 Å². The molecule has 1 aliphatic carbocycles. The van der Waals surface area contributed by atoms with Gasteiger partial charge in [0.1, 0.15) is 0 Å². The van der Waals surface area contributed by atoms with Crippen molar-refractivity contribution in [3.8, 4) is 0 Å². The first-order chi connectivity index (χ1) is 8.22. The molecule has 0 aromatic rings. The van der Waals surface area contributed by atoms with E-state index >= 15 is 0 Å². The summed E-state index contributed by atoms with van der Waals surface area (Å²) in [7, 11) is 0. The molecule has 1 amide bonds. The van der Waals surface area contributed by atoms with Gasteiger partial charge in [-0.1, -0.05) is 0 Å². The minimum atomic E-state index is -4.73. The number of carbonyl (C=O) groups is 1. The minimum Gasteiger partial charge on any atom is -0.350 e. The van der Waals surface area contributed by atoms with Gasteiger partial charge < -0.3 is 11.1 Å². The summed E-state index contributed by atoms with van der Waals surface area (Å²) in [5.74, 6) is -1.14. The Bertz CT molecular complexity index is 339. The number of nitrogens with two attached hydrogens (primary N) is 1. The SMILES string of the molecule is CC(N)(C(=O)NC1CCN(C2CC2)C1)C(F)(F)F. The van der Waals surface area contributed by atoms with Crippen molar-refractivity contribution in [2.45, 2.75) is 50.0 Å². The van der Waals surface area contributed by atoms with Crippen LogP contribution in [-0.4, -0.2) is 47.7 Å². The van der Waals surface area contributed by atoms with Crippen LogP contribution < -0.4 is 11.1 Å². The van der Waals surface area contributed by atoms with Crippen LogP contribution in [0.5, 0.6) is 0 Å². The number of amides is 1. The third kappa shape index (κ3) is 2.61. The molecule has 1 saturated heterocycles. The van der Waals surface area contributed by atoms with Gasteiger partial charge in [0.15, 0.2) is 5.54 Å². The van der Waals surface area contributed by atoms with Crippen LogP contribution in [0.15, 0.2) is 0 Å². The van der Waals surface area contributed by atoms with Crippen LogP contribution in [-0.2, 0) is 4.79 Å². The minimum absolute atomic E-state index is 0.219. The van der Waals surface area contributed by atoms with E-state index in [0.29, 0.717) is 25.9 Å². The summed E-state index contributed by atoms with van der Waals surface area (Å²) in [4.78, 5) is 13.8. The highest BCUT2D eigenvalue weighted by Gasteiger charge is 2.54. The number of likely N-dealkylation sites (tertiary alicyclic amines) is 1. The first kappa shape index (κ1) is 13.6. The molecule has 0 aromatic carbocycles. The maximum atomic E-state index is 12.6. The summed E-state index contributed by atoms with van der Waals surface area (Å²) in [6.07, 6.45) is -1.74. The topological polar surface area (TPSA) is 58.4 Å². The number of alkyl halides is 3. The molecule has 1 heterocycles. The lowest BCUT2D eigenvalue weighted by Gasteiger charge is -2.28. The van der Waals surface area contributed by atoms with Gasteiger partial charge in [0, 0.05) is 25.2 Å². The molecule has 4 nitrogen and oxygen atoms in total. The molecule has 0 spiro atoms. The number of hydrogen-bond donors (Lipinski definition) is 2. The quantitative estimate of drug-likeness (QED) is 0.786. The number of carbonyl (C=O) groups excluding carboxylic acids is 1. The van der Waals surface area contributed by atoms with Gasteiger partial charge in [-0.2, -0.15) is 13.2 Å². The van der Waals surface area contributed by atoms with Crippen molar-refractivity contribution in [2.75, 3.05) is 13.1 Å². The van der Waals surface area contributed by atoms with Gasteiger partial charge in [-0.05, 0) is 26.2 Å². The van der Waals surface area contributed by atoms with E-state index in [-0.39, 0.29) is 6.04 Å². The Kier molecular flexibility index (Phi) is 3.31. The molecule has 2 aliphatic rings. The average Bonchev–Trinajstić information content (AvgIpc) is 2.98. The second-order valence-electron chi connectivity index (χ2n) is 5.39. The van der Waals surface area contributed by atoms with E-state index in [4.69, 9.17) is 5.73 Å². The summed E-state index contributed by atoms with van der Waals surface area (Å²) in [5, 5.41) is 2.41. The van der Waals surface area contributed by atoms with Crippen LogP contribution in [0.4, 0.5) is 13.2 Å². The second-order valence-corrected chi connectivity index (χ2v) is 5.39. The Hall–Kier alpha value is -0.820. The Morgan fingerprint density at radius 3 is 2.44 bits per heavy atom. The maximum absolute atomic E-state index is 12.6. The third-order valence-corrected chi connectivity index (χ3v) is 3.68. The summed E-state index contributed by atoms with van der Waals surface area (Å²) in [6.45, 7) is 2.17. The van der Waals surface area contributed by atoms with Crippen molar-refractivity contribution in [1.82, 2.24) is 10.2 Å². The van der Waals surface area contributed by atoms with E-state index in [1.165, 1.54) is 0 Å². The van der Waals surface area contributed by atoms with Crippen LogP contribution in [0.2, 0.25) is 0 Å². The molecule has 18 heavy (non-hydrogen) atoms. The van der Waals surface area contributed by atoms with Gasteiger partial charge in [-0.3, -0.25) is 9.69 Å². The second kappa shape index (κ2) is 4.38. The Labute approximate surface area is 104 Å². The highest BCUT2D eigenvalue weighted by molar-refractivity contribution is 5.86. The highest BCUT2D eigenvalue weighted by Crippen LogP contribution is 2.31. The predicted molar refractivity (Wildman–Crippen MR) is 59.8 cm³/mol. The summed E-state index contributed by atoms with van der Waals surface area (Å²) in [6, 6.07) is 0.349. The number of rotatable bonds is 3. The molecule has 7 heteroatoms. The van der Waals surface area contributed by atoms with Crippen molar-refractivity contribution >= 4 is 5.91 Å². The maximum Gasteiger partial charge on any atom is 0.415 e. The monoisotopic (exact) mass is 265 g/mol. The average molecular weight is 265 g/mol. The van der Waals surface area contributed by atoms with E-state index in [2.05, 4.69) is 10.2 Å². The molecule has 2 rings (SSSR count). The van der Waals surface area contributed by atoms with Gasteiger partial charge in [0.2, 0.25) is 5.91 Å². The molecule has 2 atom stereocenters. The van der Waals surface area contributed by atoms with Gasteiger partial charge >= 0.3 is 6.18 Å². The van der Waals surface area contributed by atoms with E-state index in [1.807, 2.05) is 0 Å². The number of nitrogens with zero attached hydrogens (tertiary/aromatic N) is 1. The molecule has 0 radical (unpaired) electrons. The van der Waals surface area contributed by atoms with Crippen LogP contribution >= 0.6 is 0 Å². The molecule has 1 saturated carbocycles. The molecular formula is C11H18F3N3O. The zero-order valence-corrected chi connectivity index (χ0v) is 10.3. The number of nitrogens with one attached hydrogen (secondary N) is 1. The number of halogens is 3. The van der Waals surface area contributed by atoms with Crippen molar-refractivity contribution in [2.24, 2.45) is 5.73 Å². The van der Waals surface area contributed by atoms with Crippen LogP contribution in [0, 0.1) is 0 Å². The van der Waals surface area contributed by atoms with Crippen molar-refractivity contribution < 1.29 is 18.0 Å². The fraction of sp³-hybridized carbons (Fsp3) is 0.909. The van der Waals surface area contributed by atoms with Crippen LogP contribution in [0.1, 0.15) is 26.2 Å². The molecule has 0 aromatic heterocycles. The van der Waals surface area contributed by atoms with E-state index in [9.17, 15) is 18.0 Å². The van der Waals surface area contributed by atoms with E-state index in [1.54, 1.807) is 0 Å². The van der Waals surface area contributed by atoms with Crippen molar-refractivity contribution in [3.05, 3.63) is 0 Å². The third-order valence-electron chi connectivity index (χ3n) is 3.68. The van der Waals surface area contributed by atoms with Crippen molar-refractivity contribution in [3.63, 3.8) is 0 Å². The smallest absolute Gasteiger partial charge is 0.350 e. The Balaban J connectivity index is 1.88. The molecule has 1 aliphatic heterocycles. The normalized spacial score (nSPS) is 29.1. The fourth-order valence-electron chi connectivity index (χ4n) is 2.14.